The molecule has 0 aromatic rings. The van der Waals surface area contributed by atoms with E-state index in [4.69, 9.17) is 0 Å². The number of hydrogen-bond donors (Lipinski definition) is 0. The highest BCUT2D eigenvalue weighted by Gasteiger charge is 2.17. The lowest BCUT2D eigenvalue weighted by Crippen LogP contribution is -2.11. The highest BCUT2D eigenvalue weighted by atomic mass is 14.2. The van der Waals surface area contributed by atoms with Crippen LogP contribution >= 0.6 is 0 Å². The Morgan fingerprint density at radius 1 is 1.27 bits per heavy atom. The van der Waals surface area contributed by atoms with Gasteiger partial charge in [0.2, 0.25) is 0 Å². The Hall–Kier alpha value is -0.260. The Labute approximate surface area is 70.7 Å². The second-order valence-corrected chi connectivity index (χ2v) is 4.61. The van der Waals surface area contributed by atoms with E-state index in [2.05, 4.69) is 26.8 Å². The summed E-state index contributed by atoms with van der Waals surface area (Å²) in [6.07, 6.45) is 9.18. The van der Waals surface area contributed by atoms with Gasteiger partial charge in [0.15, 0.2) is 0 Å². The van der Waals surface area contributed by atoms with Crippen molar-refractivity contribution in [1.82, 2.24) is 0 Å². The lowest BCUT2D eigenvalue weighted by molar-refractivity contribution is 0.297. The largest absolute Gasteiger partial charge is 0.0856 e. The molecule has 0 radical (unpaired) electrons. The zero-order valence-electron chi connectivity index (χ0n) is 8.11. The van der Waals surface area contributed by atoms with Crippen molar-refractivity contribution in [1.29, 1.82) is 0 Å². The van der Waals surface area contributed by atoms with Gasteiger partial charge in [0.05, 0.1) is 0 Å². The van der Waals surface area contributed by atoms with Crippen LogP contribution in [0.5, 0.6) is 0 Å². The van der Waals surface area contributed by atoms with Crippen molar-refractivity contribution >= 4 is 0 Å². The summed E-state index contributed by atoms with van der Waals surface area (Å²) < 4.78 is 0. The first kappa shape index (κ1) is 8.83. The summed E-state index contributed by atoms with van der Waals surface area (Å²) in [5.74, 6) is 0. The second kappa shape index (κ2) is 3.42. The van der Waals surface area contributed by atoms with Crippen LogP contribution in [0.4, 0.5) is 0 Å². The van der Waals surface area contributed by atoms with E-state index in [-0.39, 0.29) is 0 Å². The second-order valence-electron chi connectivity index (χ2n) is 4.61. The van der Waals surface area contributed by atoms with Crippen LogP contribution in [0.2, 0.25) is 0 Å². The highest BCUT2D eigenvalue weighted by Crippen LogP contribution is 2.32. The minimum absolute atomic E-state index is 0.594. The van der Waals surface area contributed by atoms with E-state index < -0.39 is 0 Å². The van der Waals surface area contributed by atoms with Crippen molar-refractivity contribution in [2.24, 2.45) is 5.41 Å². The summed E-state index contributed by atoms with van der Waals surface area (Å²) in [5, 5.41) is 0. The van der Waals surface area contributed by atoms with E-state index in [0.717, 1.165) is 0 Å². The molecule has 0 heterocycles. The number of allylic oxidation sites excluding steroid dienone is 2. The van der Waals surface area contributed by atoms with Crippen molar-refractivity contribution in [3.8, 4) is 0 Å². The first-order chi connectivity index (χ1) is 5.10. The highest BCUT2D eigenvalue weighted by molar-refractivity contribution is 4.99. The van der Waals surface area contributed by atoms with Crippen LogP contribution in [-0.2, 0) is 0 Å². The third-order valence-corrected chi connectivity index (χ3v) is 2.74. The fourth-order valence-electron chi connectivity index (χ4n) is 1.78. The SMILES string of the molecule is CC1=CCCC(C)(C)CCC1. The van der Waals surface area contributed by atoms with Crippen LogP contribution in [0.25, 0.3) is 0 Å². The van der Waals surface area contributed by atoms with Crippen molar-refractivity contribution < 1.29 is 0 Å². The molecule has 0 N–H and O–H groups in total. The summed E-state index contributed by atoms with van der Waals surface area (Å²) in [6.45, 7) is 7.04. The van der Waals surface area contributed by atoms with E-state index >= 15 is 0 Å². The van der Waals surface area contributed by atoms with Gasteiger partial charge in [-0.1, -0.05) is 25.5 Å². The fourth-order valence-corrected chi connectivity index (χ4v) is 1.78. The van der Waals surface area contributed by atoms with E-state index in [1.807, 2.05) is 0 Å². The topological polar surface area (TPSA) is 0 Å². The molecule has 1 rings (SSSR count). The maximum atomic E-state index is 2.42. The van der Waals surface area contributed by atoms with Crippen LogP contribution < -0.4 is 0 Å². The van der Waals surface area contributed by atoms with Gasteiger partial charge < -0.3 is 0 Å². The Kier molecular flexibility index (Phi) is 2.75. The number of hydrogen-bond acceptors (Lipinski definition) is 0. The van der Waals surface area contributed by atoms with Crippen molar-refractivity contribution in [2.75, 3.05) is 0 Å². The minimum atomic E-state index is 0.594. The summed E-state index contributed by atoms with van der Waals surface area (Å²) in [6, 6.07) is 0. The molecule has 0 saturated heterocycles. The smallest absolute Gasteiger partial charge is 0.0323 e. The molecule has 0 saturated carbocycles. The maximum Gasteiger partial charge on any atom is -0.0323 e. The molecule has 0 aromatic carbocycles. The van der Waals surface area contributed by atoms with Crippen molar-refractivity contribution in [2.45, 2.75) is 52.9 Å². The molecule has 0 unspecified atom stereocenters. The molecule has 11 heavy (non-hydrogen) atoms. The third-order valence-electron chi connectivity index (χ3n) is 2.74. The van der Waals surface area contributed by atoms with Gasteiger partial charge in [0.1, 0.15) is 0 Å². The first-order valence-corrected chi connectivity index (χ1v) is 4.76. The Morgan fingerprint density at radius 3 is 2.73 bits per heavy atom. The lowest BCUT2D eigenvalue weighted by atomic mass is 9.80. The van der Waals surface area contributed by atoms with Crippen molar-refractivity contribution in [3.63, 3.8) is 0 Å². The molecule has 1 aliphatic rings. The fraction of sp³-hybridized carbons (Fsp3) is 0.818. The van der Waals surface area contributed by atoms with Gasteiger partial charge in [-0.15, -0.1) is 0 Å². The summed E-state index contributed by atoms with van der Waals surface area (Å²) >= 11 is 0. The number of rotatable bonds is 0. The van der Waals surface area contributed by atoms with Gasteiger partial charge in [0.25, 0.3) is 0 Å². The standard InChI is InChI=1S/C11H20/c1-10-6-4-8-11(2,3)9-5-7-10/h6H,4-5,7-9H2,1-3H3. The Balaban J connectivity index is 2.50. The van der Waals surface area contributed by atoms with Crippen LogP contribution in [0, 0.1) is 5.41 Å². The third kappa shape index (κ3) is 3.09. The molecule has 0 aromatic heterocycles. The average Bonchev–Trinajstić information content (AvgIpc) is 1.83. The van der Waals surface area contributed by atoms with E-state index in [9.17, 15) is 0 Å². The van der Waals surface area contributed by atoms with Gasteiger partial charge >= 0.3 is 0 Å². The predicted octanol–water partition coefficient (Wildman–Crippen LogP) is 3.92. The molecule has 0 spiro atoms. The maximum absolute atomic E-state index is 2.42. The summed E-state index contributed by atoms with van der Waals surface area (Å²) in [4.78, 5) is 0. The van der Waals surface area contributed by atoms with E-state index in [0.29, 0.717) is 5.41 Å². The Bertz CT molecular complexity index is 151. The predicted molar refractivity (Wildman–Crippen MR) is 50.6 cm³/mol. The van der Waals surface area contributed by atoms with Gasteiger partial charge in [-0.05, 0) is 44.4 Å². The van der Waals surface area contributed by atoms with Gasteiger partial charge in [0, 0.05) is 0 Å². The van der Waals surface area contributed by atoms with Crippen LogP contribution in [0.15, 0.2) is 11.6 Å². The van der Waals surface area contributed by atoms with E-state index in [1.165, 1.54) is 32.1 Å². The zero-order valence-corrected chi connectivity index (χ0v) is 8.11. The first-order valence-electron chi connectivity index (χ1n) is 4.76. The van der Waals surface area contributed by atoms with Crippen LogP contribution in [-0.4, -0.2) is 0 Å². The summed E-state index contributed by atoms with van der Waals surface area (Å²) in [5.41, 5.74) is 2.19. The molecular weight excluding hydrogens is 132 g/mol. The molecule has 0 atom stereocenters. The van der Waals surface area contributed by atoms with Crippen molar-refractivity contribution in [3.05, 3.63) is 11.6 Å². The monoisotopic (exact) mass is 152 g/mol. The molecule has 0 nitrogen and oxygen atoms in total. The summed E-state index contributed by atoms with van der Waals surface area (Å²) in [7, 11) is 0. The lowest BCUT2D eigenvalue weighted by Gasteiger charge is -2.25. The van der Waals surface area contributed by atoms with Gasteiger partial charge in [-0.25, -0.2) is 0 Å². The van der Waals surface area contributed by atoms with Crippen LogP contribution in [0.1, 0.15) is 52.9 Å². The molecule has 0 aliphatic heterocycles. The quantitative estimate of drug-likeness (QED) is 0.461. The molecule has 0 bridgehead atoms. The average molecular weight is 152 g/mol. The molecule has 0 fully saturated rings. The normalized spacial score (nSPS) is 25.2. The Morgan fingerprint density at radius 2 is 2.00 bits per heavy atom. The van der Waals surface area contributed by atoms with Gasteiger partial charge in [-0.3, -0.25) is 0 Å². The van der Waals surface area contributed by atoms with Crippen LogP contribution in [0.3, 0.4) is 0 Å². The van der Waals surface area contributed by atoms with E-state index in [1.54, 1.807) is 5.57 Å². The molecular formula is C11H20. The van der Waals surface area contributed by atoms with Gasteiger partial charge in [-0.2, -0.15) is 0 Å². The zero-order chi connectivity index (χ0) is 8.32. The molecule has 1 aliphatic carbocycles. The molecule has 64 valence electrons. The minimum Gasteiger partial charge on any atom is -0.0856 e. The molecule has 0 amide bonds. The molecule has 0 heteroatoms.